The molecule has 6 nitrogen and oxygen atoms in total. The summed E-state index contributed by atoms with van der Waals surface area (Å²) < 4.78 is 12.7. The molecule has 2 fully saturated rings. The lowest BCUT2D eigenvalue weighted by Crippen LogP contribution is -2.44. The van der Waals surface area contributed by atoms with Crippen LogP contribution in [0.3, 0.4) is 0 Å². The number of halogens is 1. The first-order valence-corrected chi connectivity index (χ1v) is 13.7. The van der Waals surface area contributed by atoms with Crippen molar-refractivity contribution in [2.24, 2.45) is 5.92 Å². The number of ether oxygens (including phenoxy) is 1. The van der Waals surface area contributed by atoms with E-state index in [0.717, 1.165) is 9.13 Å². The van der Waals surface area contributed by atoms with Crippen LogP contribution in [-0.4, -0.2) is 49.3 Å². The van der Waals surface area contributed by atoms with Gasteiger partial charge in [0.1, 0.15) is 24.0 Å². The Morgan fingerprint density at radius 1 is 1.32 bits per heavy atom. The molecule has 156 valence electrons. The molecule has 0 aliphatic carbocycles. The average molecular weight is 519 g/mol. The monoisotopic (exact) mass is 519 g/mol. The number of carbonyl (C=O) groups excluding carboxylic acids is 1. The highest BCUT2D eigenvalue weighted by atomic mass is 127. The summed E-state index contributed by atoms with van der Waals surface area (Å²) in [6.07, 6.45) is -0.467. The number of aromatic hydroxyl groups is 1. The number of esters is 1. The molecule has 8 heteroatoms. The summed E-state index contributed by atoms with van der Waals surface area (Å²) in [5.74, 6) is -0.122. The van der Waals surface area contributed by atoms with Gasteiger partial charge >= 0.3 is 5.97 Å². The van der Waals surface area contributed by atoms with Crippen LogP contribution in [0, 0.1) is 9.49 Å². The number of carbonyl (C=O) groups is 1. The zero-order chi connectivity index (χ0) is 20.9. The smallest absolute Gasteiger partial charge is 0.326 e. The molecule has 2 heterocycles. The quantitative estimate of drug-likeness (QED) is 0.360. The van der Waals surface area contributed by atoms with E-state index < -0.39 is 14.4 Å². The highest BCUT2D eigenvalue weighted by Crippen LogP contribution is 2.41. The van der Waals surface area contributed by atoms with Crippen LogP contribution in [0.25, 0.3) is 0 Å². The fourth-order valence-corrected chi connectivity index (χ4v) is 5.08. The Kier molecular flexibility index (Phi) is 6.18. The Hall–Kier alpha value is -0.683. The van der Waals surface area contributed by atoms with E-state index >= 15 is 0 Å². The van der Waals surface area contributed by atoms with Crippen molar-refractivity contribution < 1.29 is 23.9 Å². The number of phenolic OH excluding ortho intramolecular Hbond substituents is 1. The molecule has 0 bridgehead atoms. The molecule has 4 atom stereocenters. The summed E-state index contributed by atoms with van der Waals surface area (Å²) in [7, 11) is -1.93. The summed E-state index contributed by atoms with van der Waals surface area (Å²) in [6, 6.07) is 5.10. The number of fused-ring (bicyclic) bond motifs is 1. The zero-order valence-electron chi connectivity index (χ0n) is 17.4. The zero-order valence-corrected chi connectivity index (χ0v) is 20.5. The van der Waals surface area contributed by atoms with Gasteiger partial charge in [-0.2, -0.15) is 5.06 Å². The van der Waals surface area contributed by atoms with E-state index in [9.17, 15) is 9.90 Å². The van der Waals surface area contributed by atoms with Gasteiger partial charge in [-0.1, -0.05) is 32.9 Å². The van der Waals surface area contributed by atoms with Crippen molar-refractivity contribution in [2.75, 3.05) is 6.61 Å². The molecule has 0 spiro atoms. The van der Waals surface area contributed by atoms with Crippen LogP contribution in [0.5, 0.6) is 5.75 Å². The van der Waals surface area contributed by atoms with E-state index in [-0.39, 0.29) is 34.9 Å². The summed E-state index contributed by atoms with van der Waals surface area (Å²) in [5, 5.41) is 12.1. The van der Waals surface area contributed by atoms with Gasteiger partial charge in [0, 0.05) is 5.56 Å². The Morgan fingerprint density at radius 2 is 2.00 bits per heavy atom. The van der Waals surface area contributed by atoms with E-state index in [0.29, 0.717) is 13.2 Å². The van der Waals surface area contributed by atoms with Crippen LogP contribution in [0.2, 0.25) is 18.1 Å². The highest BCUT2D eigenvalue weighted by Gasteiger charge is 2.56. The molecule has 1 aromatic carbocycles. The molecule has 0 radical (unpaired) electrons. The van der Waals surface area contributed by atoms with Crippen molar-refractivity contribution >= 4 is 36.9 Å². The SMILES string of the molecule is C[C@@H]1OC(=O)[C@@H]2[C@H]1[C@H](CO[Si](C)(C)C(C)(C)C)ON2Cc1cccc(I)c1O. The van der Waals surface area contributed by atoms with Gasteiger partial charge in [-0.05, 0) is 53.7 Å². The second-order valence-electron chi connectivity index (χ2n) is 9.20. The molecule has 0 aromatic heterocycles. The van der Waals surface area contributed by atoms with Gasteiger partial charge in [-0.3, -0.25) is 9.63 Å². The minimum Gasteiger partial charge on any atom is -0.507 e. The lowest BCUT2D eigenvalue weighted by atomic mass is 9.93. The predicted molar refractivity (Wildman–Crippen MR) is 117 cm³/mol. The molecule has 2 saturated heterocycles. The summed E-state index contributed by atoms with van der Waals surface area (Å²) in [4.78, 5) is 18.7. The van der Waals surface area contributed by atoms with Gasteiger partial charge in [-0.15, -0.1) is 0 Å². The molecule has 0 saturated carbocycles. The Balaban J connectivity index is 1.78. The maximum absolute atomic E-state index is 12.5. The van der Waals surface area contributed by atoms with E-state index in [4.69, 9.17) is 14.0 Å². The van der Waals surface area contributed by atoms with Gasteiger partial charge in [0.2, 0.25) is 0 Å². The maximum atomic E-state index is 12.5. The fourth-order valence-electron chi connectivity index (χ4n) is 3.51. The van der Waals surface area contributed by atoms with Crippen molar-refractivity contribution in [1.82, 2.24) is 5.06 Å². The number of phenols is 1. The number of hydroxylamine groups is 2. The van der Waals surface area contributed by atoms with Crippen LogP contribution in [0.4, 0.5) is 0 Å². The third kappa shape index (κ3) is 4.11. The second-order valence-corrected chi connectivity index (χ2v) is 15.2. The molecular weight excluding hydrogens is 489 g/mol. The highest BCUT2D eigenvalue weighted by molar-refractivity contribution is 14.1. The summed E-state index contributed by atoms with van der Waals surface area (Å²) >= 11 is 2.09. The van der Waals surface area contributed by atoms with E-state index in [2.05, 4.69) is 56.5 Å². The molecule has 2 aliphatic rings. The first kappa shape index (κ1) is 22.0. The largest absolute Gasteiger partial charge is 0.507 e. The van der Waals surface area contributed by atoms with E-state index in [1.807, 2.05) is 25.1 Å². The normalized spacial score (nSPS) is 28.5. The van der Waals surface area contributed by atoms with Gasteiger partial charge in [0.15, 0.2) is 8.32 Å². The van der Waals surface area contributed by atoms with Gasteiger partial charge < -0.3 is 14.3 Å². The summed E-state index contributed by atoms with van der Waals surface area (Å²) in [5.41, 5.74) is 0.726. The van der Waals surface area contributed by atoms with E-state index in [1.165, 1.54) is 0 Å². The lowest BCUT2D eigenvalue weighted by Gasteiger charge is -2.37. The third-order valence-corrected chi connectivity index (χ3v) is 11.6. The van der Waals surface area contributed by atoms with Gasteiger partial charge in [0.25, 0.3) is 0 Å². The number of rotatable bonds is 5. The molecule has 0 unspecified atom stereocenters. The van der Waals surface area contributed by atoms with Crippen molar-refractivity contribution in [2.45, 2.75) is 70.6 Å². The Labute approximate surface area is 181 Å². The van der Waals surface area contributed by atoms with E-state index in [1.54, 1.807) is 5.06 Å². The van der Waals surface area contributed by atoms with Crippen LogP contribution in [0.15, 0.2) is 18.2 Å². The third-order valence-electron chi connectivity index (χ3n) is 6.27. The van der Waals surface area contributed by atoms with Crippen LogP contribution >= 0.6 is 22.6 Å². The molecular formula is C20H30INO5Si. The standard InChI is InChI=1S/C20H30INO5Si/c1-12-16-15(11-25-28(5,6)20(2,3)4)27-22(17(16)19(24)26-12)10-13-8-7-9-14(21)18(13)23/h7-9,12,15-17,23H,10-11H2,1-6H3/t12-,15-,16+,17-/m0/s1. The lowest BCUT2D eigenvalue weighted by molar-refractivity contribution is -0.195. The maximum Gasteiger partial charge on any atom is 0.326 e. The second kappa shape index (κ2) is 7.86. The van der Waals surface area contributed by atoms with Crippen LogP contribution in [0.1, 0.15) is 33.3 Å². The number of para-hydroxylation sites is 1. The van der Waals surface area contributed by atoms with Crippen molar-refractivity contribution in [3.63, 3.8) is 0 Å². The predicted octanol–water partition coefficient (Wildman–Crippen LogP) is 4.06. The van der Waals surface area contributed by atoms with Gasteiger partial charge in [0.05, 0.1) is 22.6 Å². The molecule has 0 amide bonds. The first-order valence-electron chi connectivity index (χ1n) is 9.66. The topological polar surface area (TPSA) is 68.2 Å². The first-order chi connectivity index (χ1) is 12.9. The minimum absolute atomic E-state index is 0.0813. The molecule has 1 N–H and O–H groups in total. The van der Waals surface area contributed by atoms with Crippen molar-refractivity contribution in [3.8, 4) is 5.75 Å². The average Bonchev–Trinajstić information content (AvgIpc) is 3.08. The van der Waals surface area contributed by atoms with Gasteiger partial charge in [-0.25, -0.2) is 0 Å². The van der Waals surface area contributed by atoms with Crippen LogP contribution in [-0.2, 0) is 25.3 Å². The van der Waals surface area contributed by atoms with Crippen LogP contribution < -0.4 is 0 Å². The molecule has 3 rings (SSSR count). The number of hydrogen-bond acceptors (Lipinski definition) is 6. The molecule has 28 heavy (non-hydrogen) atoms. The number of hydrogen-bond donors (Lipinski definition) is 1. The fraction of sp³-hybridized carbons (Fsp3) is 0.650. The summed E-state index contributed by atoms with van der Waals surface area (Å²) in [6.45, 7) is 13.7. The molecule has 2 aliphatic heterocycles. The number of cyclic esters (lactones) is 1. The number of nitrogens with zero attached hydrogens (tertiary/aromatic N) is 1. The number of benzene rings is 1. The Bertz CT molecular complexity index is 751. The minimum atomic E-state index is -1.93. The van der Waals surface area contributed by atoms with Crippen molar-refractivity contribution in [1.29, 1.82) is 0 Å². The van der Waals surface area contributed by atoms with Crippen molar-refractivity contribution in [3.05, 3.63) is 27.3 Å². The Morgan fingerprint density at radius 3 is 2.64 bits per heavy atom. The molecule has 1 aromatic rings.